The molecule has 2 aromatic heterocycles. The molecule has 0 bridgehead atoms. The van der Waals surface area contributed by atoms with Crippen molar-refractivity contribution in [1.29, 1.82) is 0 Å². The maximum atomic E-state index is 12.9. The number of pyridine rings is 1. The number of halogens is 1. The lowest BCUT2D eigenvalue weighted by Crippen LogP contribution is -2.26. The van der Waals surface area contributed by atoms with Gasteiger partial charge in [-0.05, 0) is 47.5 Å². The maximum absolute atomic E-state index is 12.9. The number of aromatic nitrogens is 2. The van der Waals surface area contributed by atoms with Crippen molar-refractivity contribution in [3.05, 3.63) is 84.2 Å². The van der Waals surface area contributed by atoms with Crippen molar-refractivity contribution in [2.24, 2.45) is 0 Å². The fourth-order valence-electron chi connectivity index (χ4n) is 3.33. The van der Waals surface area contributed by atoms with Crippen molar-refractivity contribution in [2.75, 3.05) is 18.2 Å². The highest BCUT2D eigenvalue weighted by atomic mass is 32.2. The summed E-state index contributed by atoms with van der Waals surface area (Å²) in [4.78, 5) is 14.6. The van der Waals surface area contributed by atoms with Crippen LogP contribution in [0.4, 0.5) is 10.1 Å². The topological polar surface area (TPSA) is 71.8 Å². The largest absolute Gasteiger partial charge is 0.311 e. The molecular formula is C23H20FN3O3S. The van der Waals surface area contributed by atoms with Crippen LogP contribution in [0.15, 0.2) is 78.0 Å². The summed E-state index contributed by atoms with van der Waals surface area (Å²) < 4.78 is 37.8. The summed E-state index contributed by atoms with van der Waals surface area (Å²) in [6.45, 7) is -0.517. The average Bonchev–Trinajstić information content (AvgIpc) is 3.21. The number of amides is 1. The predicted molar refractivity (Wildman–Crippen MR) is 118 cm³/mol. The molecule has 1 amide bonds. The van der Waals surface area contributed by atoms with Gasteiger partial charge in [0, 0.05) is 36.3 Å². The minimum Gasteiger partial charge on any atom is -0.311 e. The first-order valence-electron chi connectivity index (χ1n) is 9.49. The van der Waals surface area contributed by atoms with Gasteiger partial charge in [0.25, 0.3) is 5.91 Å². The molecular weight excluding hydrogens is 417 g/mol. The maximum Gasteiger partial charge on any atom is 0.258 e. The fraction of sp³-hybridized carbons (Fsp3) is 0.130. The third kappa shape index (κ3) is 4.06. The molecule has 0 spiro atoms. The molecule has 2 aromatic carbocycles. The van der Waals surface area contributed by atoms with Crippen LogP contribution in [0, 0.1) is 0 Å². The predicted octanol–water partition coefficient (Wildman–Crippen LogP) is 4.15. The Balaban J connectivity index is 1.66. The molecule has 0 saturated heterocycles. The molecule has 0 saturated carbocycles. The zero-order chi connectivity index (χ0) is 22.2. The second-order valence-electron chi connectivity index (χ2n) is 7.26. The summed E-state index contributed by atoms with van der Waals surface area (Å²) in [5, 5.41) is 4.36. The number of hydrogen-bond acceptors (Lipinski definition) is 4. The third-order valence-electron chi connectivity index (χ3n) is 5.15. The molecule has 8 heteroatoms. The van der Waals surface area contributed by atoms with E-state index in [0.717, 1.165) is 22.9 Å². The molecule has 0 fully saturated rings. The highest BCUT2D eigenvalue weighted by Gasteiger charge is 2.17. The van der Waals surface area contributed by atoms with E-state index in [2.05, 4.69) is 5.10 Å². The molecule has 2 heterocycles. The first-order chi connectivity index (χ1) is 14.8. The van der Waals surface area contributed by atoms with E-state index >= 15 is 0 Å². The van der Waals surface area contributed by atoms with Gasteiger partial charge in [-0.3, -0.25) is 4.79 Å². The normalized spacial score (nSPS) is 11.6. The van der Waals surface area contributed by atoms with Gasteiger partial charge in [-0.1, -0.05) is 24.3 Å². The van der Waals surface area contributed by atoms with Crippen molar-refractivity contribution < 1.29 is 17.6 Å². The van der Waals surface area contributed by atoms with Crippen molar-refractivity contribution >= 4 is 26.9 Å². The molecule has 0 radical (unpaired) electrons. The van der Waals surface area contributed by atoms with Gasteiger partial charge in [-0.15, -0.1) is 0 Å². The first-order valence-corrected chi connectivity index (χ1v) is 11.4. The summed E-state index contributed by atoms with van der Waals surface area (Å²) >= 11 is 0. The van der Waals surface area contributed by atoms with Crippen molar-refractivity contribution in [3.63, 3.8) is 0 Å². The number of fused-ring (bicyclic) bond motifs is 1. The van der Waals surface area contributed by atoms with E-state index in [4.69, 9.17) is 0 Å². The molecule has 158 valence electrons. The van der Waals surface area contributed by atoms with E-state index in [9.17, 15) is 17.6 Å². The van der Waals surface area contributed by atoms with Crippen LogP contribution in [-0.2, 0) is 16.5 Å². The monoisotopic (exact) mass is 437 g/mol. The molecule has 6 nitrogen and oxygen atoms in total. The fourth-order valence-corrected chi connectivity index (χ4v) is 3.96. The molecule has 0 aliphatic rings. The Morgan fingerprint density at radius 1 is 1.06 bits per heavy atom. The Morgan fingerprint density at radius 3 is 2.35 bits per heavy atom. The lowest BCUT2D eigenvalue weighted by atomic mass is 10.1. The van der Waals surface area contributed by atoms with E-state index in [1.54, 1.807) is 42.2 Å². The Bertz CT molecular complexity index is 1360. The van der Waals surface area contributed by atoms with Gasteiger partial charge in [0.2, 0.25) is 0 Å². The summed E-state index contributed by atoms with van der Waals surface area (Å²) in [5.41, 5.74) is 4.21. The summed E-state index contributed by atoms with van der Waals surface area (Å²) in [6, 6.07) is 16.7. The minimum absolute atomic E-state index is 0.163. The van der Waals surface area contributed by atoms with Gasteiger partial charge in [0.15, 0.2) is 9.84 Å². The lowest BCUT2D eigenvalue weighted by molar-refractivity contribution is 0.0993. The van der Waals surface area contributed by atoms with Crippen LogP contribution in [0.3, 0.4) is 0 Å². The van der Waals surface area contributed by atoms with Crippen molar-refractivity contribution in [1.82, 2.24) is 9.61 Å². The molecule has 0 aliphatic heterocycles. The standard InChI is InChI=1S/C23H20FN3O3S/c1-26(23(28)18-7-9-20(10-8-18)31(2,29)30)19-11-12-27-22(13-19)21(15-25-27)17-5-3-16(14-24)4-6-17/h3-13,15H,14H2,1-2H3. The van der Waals surface area contributed by atoms with Gasteiger partial charge in [0.1, 0.15) is 6.67 Å². The lowest BCUT2D eigenvalue weighted by Gasteiger charge is -2.18. The van der Waals surface area contributed by atoms with Crippen LogP contribution < -0.4 is 4.90 Å². The molecule has 0 atom stereocenters. The highest BCUT2D eigenvalue weighted by molar-refractivity contribution is 7.90. The van der Waals surface area contributed by atoms with Crippen LogP contribution in [0.25, 0.3) is 16.6 Å². The molecule has 4 rings (SSSR count). The Hall–Kier alpha value is -3.52. The van der Waals surface area contributed by atoms with E-state index < -0.39 is 16.5 Å². The summed E-state index contributed by atoms with van der Waals surface area (Å²) in [6.07, 6.45) is 4.62. The van der Waals surface area contributed by atoms with Gasteiger partial charge in [0.05, 0.1) is 16.6 Å². The molecule has 0 unspecified atom stereocenters. The van der Waals surface area contributed by atoms with Gasteiger partial charge in [-0.25, -0.2) is 17.3 Å². The second kappa shape index (κ2) is 7.96. The Labute approximate surface area is 179 Å². The quantitative estimate of drug-likeness (QED) is 0.470. The highest BCUT2D eigenvalue weighted by Crippen LogP contribution is 2.28. The number of hydrogen-bond donors (Lipinski definition) is 0. The van der Waals surface area contributed by atoms with Gasteiger partial charge in [-0.2, -0.15) is 5.10 Å². The second-order valence-corrected chi connectivity index (χ2v) is 9.28. The zero-order valence-electron chi connectivity index (χ0n) is 17.0. The molecule has 31 heavy (non-hydrogen) atoms. The number of benzene rings is 2. The van der Waals surface area contributed by atoms with E-state index in [1.807, 2.05) is 18.2 Å². The number of nitrogens with zero attached hydrogens (tertiary/aromatic N) is 3. The average molecular weight is 437 g/mol. The number of carbonyl (C=O) groups is 1. The number of sulfone groups is 1. The van der Waals surface area contributed by atoms with E-state index in [1.165, 1.54) is 29.2 Å². The SMILES string of the molecule is CN(C(=O)c1ccc(S(C)(=O)=O)cc1)c1ccn2ncc(-c3ccc(CF)cc3)c2c1. The molecule has 0 N–H and O–H groups in total. The first kappa shape index (κ1) is 20.7. The Kier molecular flexibility index (Phi) is 5.32. The van der Waals surface area contributed by atoms with Crippen LogP contribution >= 0.6 is 0 Å². The summed E-state index contributed by atoms with van der Waals surface area (Å²) in [7, 11) is -1.67. The minimum atomic E-state index is -3.33. The van der Waals surface area contributed by atoms with Crippen LogP contribution in [0.2, 0.25) is 0 Å². The summed E-state index contributed by atoms with van der Waals surface area (Å²) in [5.74, 6) is -0.266. The smallest absolute Gasteiger partial charge is 0.258 e. The number of anilines is 1. The van der Waals surface area contributed by atoms with Crippen LogP contribution in [-0.4, -0.2) is 37.2 Å². The van der Waals surface area contributed by atoms with E-state index in [-0.39, 0.29) is 10.8 Å². The Morgan fingerprint density at radius 2 is 1.74 bits per heavy atom. The molecule has 0 aliphatic carbocycles. The van der Waals surface area contributed by atoms with E-state index in [0.29, 0.717) is 16.8 Å². The number of carbonyl (C=O) groups excluding carboxylic acids is 1. The third-order valence-corrected chi connectivity index (χ3v) is 6.27. The molecule has 4 aromatic rings. The van der Waals surface area contributed by atoms with Crippen LogP contribution in [0.1, 0.15) is 15.9 Å². The van der Waals surface area contributed by atoms with Crippen molar-refractivity contribution in [3.8, 4) is 11.1 Å². The zero-order valence-corrected chi connectivity index (χ0v) is 17.8. The number of rotatable bonds is 5. The van der Waals surface area contributed by atoms with Gasteiger partial charge >= 0.3 is 0 Å². The van der Waals surface area contributed by atoms with Crippen LogP contribution in [0.5, 0.6) is 0 Å². The van der Waals surface area contributed by atoms with Crippen molar-refractivity contribution in [2.45, 2.75) is 11.6 Å². The number of alkyl halides is 1. The van der Waals surface area contributed by atoms with Gasteiger partial charge < -0.3 is 4.90 Å².